The monoisotopic (exact) mass is 1110 g/mol. The second-order valence-electron chi connectivity index (χ2n) is 24.0. The van der Waals surface area contributed by atoms with Crippen LogP contribution in [0.4, 0.5) is 0 Å². The van der Waals surface area contributed by atoms with Crippen LogP contribution in [0.2, 0.25) is 0 Å². The van der Waals surface area contributed by atoms with Crippen molar-refractivity contribution in [3.8, 4) is 100 Å². The van der Waals surface area contributed by atoms with Gasteiger partial charge in [0.2, 0.25) is 0 Å². The van der Waals surface area contributed by atoms with Crippen molar-refractivity contribution in [2.24, 2.45) is 0 Å². The topological polar surface area (TPSA) is 0 Å². The van der Waals surface area contributed by atoms with E-state index in [-0.39, 0.29) is 0 Å². The maximum Gasteiger partial charge on any atom is 0.0720 e. The minimum atomic E-state index is -0.622. The van der Waals surface area contributed by atoms with Gasteiger partial charge < -0.3 is 0 Å². The smallest absolute Gasteiger partial charge is 0.0622 e. The lowest BCUT2D eigenvalue weighted by Crippen LogP contribution is -2.43. The molecule has 0 N–H and O–H groups in total. The minimum absolute atomic E-state index is 0.577. The van der Waals surface area contributed by atoms with E-state index in [4.69, 9.17) is 0 Å². The van der Waals surface area contributed by atoms with Crippen LogP contribution in [0.15, 0.2) is 340 Å². The molecule has 0 radical (unpaired) electrons. The summed E-state index contributed by atoms with van der Waals surface area (Å²) in [6, 6.07) is 128. The molecule has 0 nitrogen and oxygen atoms in total. The zero-order chi connectivity index (χ0) is 57.9. The fourth-order valence-electron chi connectivity index (χ4n) is 16.4. The quantitative estimate of drug-likeness (QED) is 0.140. The van der Waals surface area contributed by atoms with Crippen molar-refractivity contribution < 1.29 is 0 Å². The molecule has 3 aliphatic rings. The molecule has 408 valence electrons. The van der Waals surface area contributed by atoms with Crippen molar-refractivity contribution in [3.63, 3.8) is 0 Å². The molecular weight excluding hydrogens is 1060 g/mol. The third kappa shape index (κ3) is 7.03. The first kappa shape index (κ1) is 50.2. The molecule has 0 heterocycles. The van der Waals surface area contributed by atoms with Gasteiger partial charge in [-0.3, -0.25) is 0 Å². The van der Waals surface area contributed by atoms with Crippen molar-refractivity contribution in [1.82, 2.24) is 0 Å². The molecule has 0 amide bonds. The molecule has 0 saturated heterocycles. The first-order valence-electron chi connectivity index (χ1n) is 30.8. The van der Waals surface area contributed by atoms with Crippen molar-refractivity contribution >= 4 is 21.5 Å². The molecule has 0 unspecified atom stereocenters. The Balaban J connectivity index is 0.953. The average Bonchev–Trinajstić information content (AvgIpc) is 1.42. The molecule has 0 atom stereocenters. The standard InChI is InChI=1S/C88H56/c1-3-27-57(28-4-1)61-31-7-9-33-63(61)65-35-11-13-41-71(65)85-73-43-15-16-44-74(73)86(72-42-14-12-36-66(72)64-34-10-8-32-62(64)58-29-5-2-6-30-58)76-55-59(51-53-75(76)85)60-52-54-83-84(56-60)88(79-47-23-19-39-69(79)70-40-20-24-48-80(70)88)82-50-26-25-49-81(82)87(83)77-45-21-17-37-67(77)68-38-18-22-46-78(68)87/h1-56H. The Morgan fingerprint density at radius 1 is 0.136 bits per heavy atom. The summed E-state index contributed by atoms with van der Waals surface area (Å²) in [7, 11) is 0. The fourth-order valence-corrected chi connectivity index (χ4v) is 16.4. The van der Waals surface area contributed by atoms with Gasteiger partial charge in [-0.2, -0.15) is 0 Å². The van der Waals surface area contributed by atoms with Crippen LogP contribution in [0, 0.1) is 0 Å². The molecule has 0 heteroatoms. The van der Waals surface area contributed by atoms with Gasteiger partial charge in [0.1, 0.15) is 0 Å². The molecule has 0 aromatic heterocycles. The molecule has 3 aliphatic carbocycles. The van der Waals surface area contributed by atoms with Gasteiger partial charge in [0.25, 0.3) is 0 Å². The largest absolute Gasteiger partial charge is 0.0720 e. The molecular formula is C88H56. The van der Waals surface area contributed by atoms with E-state index in [2.05, 4.69) is 340 Å². The van der Waals surface area contributed by atoms with Gasteiger partial charge in [-0.25, -0.2) is 0 Å². The molecule has 0 fully saturated rings. The summed E-state index contributed by atoms with van der Waals surface area (Å²) in [6.07, 6.45) is 0. The molecule has 2 spiro atoms. The van der Waals surface area contributed by atoms with Crippen molar-refractivity contribution in [2.75, 3.05) is 0 Å². The summed E-state index contributed by atoms with van der Waals surface area (Å²) in [5, 5.41) is 4.82. The highest BCUT2D eigenvalue weighted by atomic mass is 14.6. The minimum Gasteiger partial charge on any atom is -0.0622 e. The first-order chi connectivity index (χ1) is 43.7. The number of hydrogen-bond acceptors (Lipinski definition) is 0. The average molecular weight is 1110 g/mol. The summed E-state index contributed by atoms with van der Waals surface area (Å²) in [5.74, 6) is 0. The fraction of sp³-hybridized carbons (Fsp3) is 0.0227. The lowest BCUT2D eigenvalue weighted by atomic mass is 9.52. The summed E-state index contributed by atoms with van der Waals surface area (Å²) in [5.41, 5.74) is 31.4. The van der Waals surface area contributed by atoms with Gasteiger partial charge in [-0.1, -0.05) is 328 Å². The van der Waals surface area contributed by atoms with Crippen molar-refractivity contribution in [2.45, 2.75) is 10.8 Å². The van der Waals surface area contributed by atoms with Crippen LogP contribution in [-0.4, -0.2) is 0 Å². The van der Waals surface area contributed by atoms with Gasteiger partial charge >= 0.3 is 0 Å². The molecule has 18 rings (SSSR count). The Labute approximate surface area is 513 Å². The maximum absolute atomic E-state index is 2.61. The first-order valence-corrected chi connectivity index (χ1v) is 30.8. The predicted molar refractivity (Wildman–Crippen MR) is 368 cm³/mol. The van der Waals surface area contributed by atoms with Crippen molar-refractivity contribution in [3.05, 3.63) is 384 Å². The lowest BCUT2D eigenvalue weighted by molar-refractivity contribution is 0.633. The van der Waals surface area contributed by atoms with Crippen LogP contribution in [0.3, 0.4) is 0 Å². The van der Waals surface area contributed by atoms with E-state index in [9.17, 15) is 0 Å². The van der Waals surface area contributed by atoms with Crippen LogP contribution in [0.5, 0.6) is 0 Å². The Morgan fingerprint density at radius 2 is 0.409 bits per heavy atom. The van der Waals surface area contributed by atoms with E-state index in [1.807, 2.05) is 0 Å². The second kappa shape index (κ2) is 19.7. The van der Waals surface area contributed by atoms with Gasteiger partial charge in [-0.15, -0.1) is 0 Å². The van der Waals surface area contributed by atoms with Crippen LogP contribution in [0.25, 0.3) is 122 Å². The van der Waals surface area contributed by atoms with E-state index in [1.54, 1.807) is 0 Å². The van der Waals surface area contributed by atoms with Gasteiger partial charge in [-0.05, 0) is 178 Å². The number of fused-ring (bicyclic) bond motifs is 18. The van der Waals surface area contributed by atoms with Crippen molar-refractivity contribution in [1.29, 1.82) is 0 Å². The SMILES string of the molecule is c1ccc(-c2ccccc2-c2ccccc2-c2c3ccccc3c(-c3ccccc3-c3ccccc3-c3ccccc3)c3cc(-c4ccc5c(c4)C4(c6ccccc6-c6ccccc64)c4ccccc4C54c5ccccc5-c5ccccc54)ccc23)cc1. The third-order valence-electron chi connectivity index (χ3n) is 19.8. The highest BCUT2D eigenvalue weighted by molar-refractivity contribution is 6.24. The van der Waals surface area contributed by atoms with Crippen LogP contribution in [0.1, 0.15) is 44.5 Å². The summed E-state index contributed by atoms with van der Waals surface area (Å²) < 4.78 is 0. The molecule has 0 bridgehead atoms. The normalized spacial score (nSPS) is 13.4. The predicted octanol–water partition coefficient (Wildman–Crippen LogP) is 22.7. The summed E-state index contributed by atoms with van der Waals surface area (Å²) in [6.45, 7) is 0. The molecule has 15 aromatic rings. The molecule has 15 aromatic carbocycles. The highest BCUT2D eigenvalue weighted by Crippen LogP contribution is 2.68. The zero-order valence-corrected chi connectivity index (χ0v) is 48.3. The van der Waals surface area contributed by atoms with E-state index in [0.29, 0.717) is 0 Å². The lowest BCUT2D eigenvalue weighted by Gasteiger charge is -2.49. The Morgan fingerprint density at radius 3 is 0.841 bits per heavy atom. The van der Waals surface area contributed by atoms with Crippen LogP contribution in [-0.2, 0) is 10.8 Å². The molecule has 88 heavy (non-hydrogen) atoms. The Hall–Kier alpha value is -11.2. The number of benzene rings is 15. The van der Waals surface area contributed by atoms with Crippen LogP contribution >= 0.6 is 0 Å². The number of hydrogen-bond donors (Lipinski definition) is 0. The Kier molecular flexibility index (Phi) is 11.2. The molecule has 0 aliphatic heterocycles. The van der Waals surface area contributed by atoms with E-state index in [0.717, 1.165) is 5.56 Å². The zero-order valence-electron chi connectivity index (χ0n) is 48.3. The third-order valence-corrected chi connectivity index (χ3v) is 19.8. The van der Waals surface area contributed by atoms with E-state index >= 15 is 0 Å². The van der Waals surface area contributed by atoms with Gasteiger partial charge in [0, 0.05) is 0 Å². The molecule has 0 saturated carbocycles. The maximum atomic E-state index is 2.61. The highest BCUT2D eigenvalue weighted by Gasteiger charge is 2.59. The Bertz CT molecular complexity index is 5240. The summed E-state index contributed by atoms with van der Waals surface area (Å²) >= 11 is 0. The summed E-state index contributed by atoms with van der Waals surface area (Å²) in [4.78, 5) is 0. The second-order valence-corrected chi connectivity index (χ2v) is 24.0. The van der Waals surface area contributed by atoms with Gasteiger partial charge in [0.15, 0.2) is 0 Å². The number of rotatable bonds is 7. The van der Waals surface area contributed by atoms with E-state index in [1.165, 1.54) is 161 Å². The van der Waals surface area contributed by atoms with Crippen LogP contribution < -0.4 is 0 Å². The van der Waals surface area contributed by atoms with E-state index < -0.39 is 10.8 Å². The van der Waals surface area contributed by atoms with Gasteiger partial charge in [0.05, 0.1) is 10.8 Å².